The van der Waals surface area contributed by atoms with Gasteiger partial charge in [0.2, 0.25) is 0 Å². The van der Waals surface area contributed by atoms with Crippen molar-refractivity contribution in [2.24, 2.45) is 0 Å². The van der Waals surface area contributed by atoms with E-state index in [2.05, 4.69) is 182 Å². The van der Waals surface area contributed by atoms with Gasteiger partial charge >= 0.3 is 0 Å². The number of ether oxygens (including phenoxy) is 1. The fourth-order valence-corrected chi connectivity index (χ4v) is 8.58. The van der Waals surface area contributed by atoms with Gasteiger partial charge in [0.25, 0.3) is 0 Å². The number of rotatable bonds is 6. The minimum Gasteiger partial charge on any atom is -0.457 e. The van der Waals surface area contributed by atoms with Crippen LogP contribution in [0.1, 0.15) is 0 Å². The van der Waals surface area contributed by atoms with E-state index >= 15 is 0 Å². The molecule has 4 heterocycles. The van der Waals surface area contributed by atoms with Crippen molar-refractivity contribution in [1.29, 1.82) is 0 Å². The van der Waals surface area contributed by atoms with E-state index in [9.17, 15) is 0 Å². The molecule has 0 saturated carbocycles. The molecule has 0 radical (unpaired) electrons. The van der Waals surface area contributed by atoms with Crippen LogP contribution in [0, 0.1) is 0 Å². The largest absolute Gasteiger partial charge is 0.457 e. The average Bonchev–Trinajstić information content (AvgIpc) is 3.33. The summed E-state index contributed by atoms with van der Waals surface area (Å²) in [6, 6.07) is 71.2. The summed E-state index contributed by atoms with van der Waals surface area (Å²) in [6.07, 6.45) is 0. The second-order valence-electron chi connectivity index (χ2n) is 15.4. The van der Waals surface area contributed by atoms with Gasteiger partial charge in [-0.3, -0.25) is 0 Å². The van der Waals surface area contributed by atoms with Gasteiger partial charge in [0.05, 0.1) is 44.8 Å². The first-order valence-electron chi connectivity index (χ1n) is 20.4. The van der Waals surface area contributed by atoms with E-state index in [4.69, 9.17) is 24.7 Å². The second kappa shape index (κ2) is 14.2. The Morgan fingerprint density at radius 1 is 0.246 bits per heavy atom. The third kappa shape index (κ3) is 6.19. The van der Waals surface area contributed by atoms with E-state index in [1.807, 2.05) is 24.3 Å². The zero-order chi connectivity index (χ0) is 40.3. The van der Waals surface area contributed by atoms with Crippen molar-refractivity contribution in [1.82, 2.24) is 19.9 Å². The maximum Gasteiger partial charge on any atom is 0.127 e. The molecule has 5 heteroatoms. The quantitative estimate of drug-likeness (QED) is 0.157. The number of aromatic nitrogens is 4. The SMILES string of the molecule is c1ccc2c(-c3ccc4ccc5ccc(-c6ccc(Oc7ccc(-c8ccc9ccc%10ccc(-c%11cccc%12ccccc%11%12)nc%10c9n8)cc7)cc6)nc5c4n3)cccc2c1. The highest BCUT2D eigenvalue weighted by atomic mass is 16.5. The molecule has 4 aromatic heterocycles. The fraction of sp³-hybridized carbons (Fsp3) is 0. The first-order chi connectivity index (χ1) is 30.2. The van der Waals surface area contributed by atoms with Crippen molar-refractivity contribution in [3.63, 3.8) is 0 Å². The van der Waals surface area contributed by atoms with Crippen LogP contribution in [0.3, 0.4) is 0 Å². The molecule has 0 amide bonds. The Hall–Kier alpha value is -8.28. The summed E-state index contributed by atoms with van der Waals surface area (Å²) in [5.41, 5.74) is 11.4. The molecule has 12 rings (SSSR count). The molecule has 0 aliphatic rings. The predicted molar refractivity (Wildman–Crippen MR) is 251 cm³/mol. The lowest BCUT2D eigenvalue weighted by Gasteiger charge is -2.11. The first-order valence-corrected chi connectivity index (χ1v) is 20.4. The van der Waals surface area contributed by atoms with Crippen LogP contribution < -0.4 is 4.74 Å². The molecule has 0 N–H and O–H groups in total. The van der Waals surface area contributed by atoms with E-state index in [0.717, 1.165) is 100 Å². The van der Waals surface area contributed by atoms with E-state index < -0.39 is 0 Å². The van der Waals surface area contributed by atoms with Crippen LogP contribution in [-0.4, -0.2) is 19.9 Å². The highest BCUT2D eigenvalue weighted by Crippen LogP contribution is 2.35. The number of pyridine rings is 4. The van der Waals surface area contributed by atoms with E-state index in [1.165, 1.54) is 21.5 Å². The molecule has 0 unspecified atom stereocenters. The lowest BCUT2D eigenvalue weighted by Crippen LogP contribution is -1.92. The first kappa shape index (κ1) is 34.7. The predicted octanol–water partition coefficient (Wildman–Crippen LogP) is 14.6. The molecular weight excluding hydrogens is 745 g/mol. The second-order valence-corrected chi connectivity index (χ2v) is 15.4. The van der Waals surface area contributed by atoms with Crippen LogP contribution in [0.2, 0.25) is 0 Å². The topological polar surface area (TPSA) is 60.8 Å². The highest BCUT2D eigenvalue weighted by Gasteiger charge is 2.13. The molecule has 0 aliphatic carbocycles. The van der Waals surface area contributed by atoms with Crippen LogP contribution in [0.25, 0.3) is 110 Å². The lowest BCUT2D eigenvalue weighted by atomic mass is 10.0. The van der Waals surface area contributed by atoms with Crippen LogP contribution >= 0.6 is 0 Å². The number of fused-ring (bicyclic) bond motifs is 8. The van der Waals surface area contributed by atoms with Crippen LogP contribution in [-0.2, 0) is 0 Å². The number of benzene rings is 8. The molecule has 8 aromatic carbocycles. The molecule has 5 nitrogen and oxygen atoms in total. The van der Waals surface area contributed by atoms with Gasteiger partial charge in [0, 0.05) is 43.8 Å². The van der Waals surface area contributed by atoms with Crippen molar-refractivity contribution in [2.45, 2.75) is 0 Å². The van der Waals surface area contributed by atoms with Gasteiger partial charge < -0.3 is 4.74 Å². The Kier molecular flexibility index (Phi) is 8.10. The molecule has 0 aliphatic heterocycles. The van der Waals surface area contributed by atoms with Gasteiger partial charge in [-0.15, -0.1) is 0 Å². The molecule has 0 fully saturated rings. The maximum atomic E-state index is 6.33. The summed E-state index contributed by atoms with van der Waals surface area (Å²) < 4.78 is 6.33. The minimum atomic E-state index is 0.743. The summed E-state index contributed by atoms with van der Waals surface area (Å²) >= 11 is 0. The van der Waals surface area contributed by atoms with Gasteiger partial charge in [-0.25, -0.2) is 19.9 Å². The molecule has 0 atom stereocenters. The Balaban J connectivity index is 0.811. The summed E-state index contributed by atoms with van der Waals surface area (Å²) in [4.78, 5) is 20.8. The molecule has 0 bridgehead atoms. The molecule has 61 heavy (non-hydrogen) atoms. The van der Waals surface area contributed by atoms with Gasteiger partial charge in [-0.1, -0.05) is 133 Å². The van der Waals surface area contributed by atoms with Gasteiger partial charge in [0.15, 0.2) is 0 Å². The molecule has 0 spiro atoms. The Labute approximate surface area is 351 Å². The smallest absolute Gasteiger partial charge is 0.127 e. The molecule has 0 saturated heterocycles. The third-order valence-corrected chi connectivity index (χ3v) is 11.7. The summed E-state index contributed by atoms with van der Waals surface area (Å²) in [5.74, 6) is 1.49. The lowest BCUT2D eigenvalue weighted by molar-refractivity contribution is 0.483. The fourth-order valence-electron chi connectivity index (χ4n) is 8.58. The van der Waals surface area contributed by atoms with Crippen molar-refractivity contribution < 1.29 is 4.74 Å². The molecule has 284 valence electrons. The highest BCUT2D eigenvalue weighted by molar-refractivity contribution is 6.07. The van der Waals surface area contributed by atoms with Crippen LogP contribution in [0.15, 0.2) is 206 Å². The van der Waals surface area contributed by atoms with Crippen molar-refractivity contribution in [3.8, 4) is 56.5 Å². The standard InChI is InChI=1S/C56H34N4O/c1-3-11-45-35(7-1)9-5-13-47(45)51-33-25-41-17-15-39-23-31-49(57-53(39)55(41)59-51)37-19-27-43(28-20-37)61-44-29-21-38(22-30-44)50-32-24-40-16-18-42-26-34-52(60-56(42)54(40)58-50)48-14-6-10-36-8-2-4-12-46(36)48/h1-34H. The van der Waals surface area contributed by atoms with E-state index in [-0.39, 0.29) is 0 Å². The van der Waals surface area contributed by atoms with Gasteiger partial charge in [0.1, 0.15) is 11.5 Å². The van der Waals surface area contributed by atoms with E-state index in [1.54, 1.807) is 0 Å². The summed E-state index contributed by atoms with van der Waals surface area (Å²) in [7, 11) is 0. The van der Waals surface area contributed by atoms with Crippen LogP contribution in [0.4, 0.5) is 0 Å². The number of nitrogens with zero attached hydrogens (tertiary/aromatic N) is 4. The van der Waals surface area contributed by atoms with Gasteiger partial charge in [-0.05, 0) is 94.3 Å². The monoisotopic (exact) mass is 778 g/mol. The van der Waals surface area contributed by atoms with Crippen LogP contribution in [0.5, 0.6) is 11.5 Å². The summed E-state index contributed by atoms with van der Waals surface area (Å²) in [5, 5.41) is 8.99. The van der Waals surface area contributed by atoms with Crippen molar-refractivity contribution >= 4 is 65.2 Å². The third-order valence-electron chi connectivity index (χ3n) is 11.7. The minimum absolute atomic E-state index is 0.743. The van der Waals surface area contributed by atoms with E-state index in [0.29, 0.717) is 0 Å². The Bertz CT molecular complexity index is 3420. The number of hydrogen-bond acceptors (Lipinski definition) is 5. The maximum absolute atomic E-state index is 6.33. The Morgan fingerprint density at radius 2 is 0.574 bits per heavy atom. The summed E-state index contributed by atoms with van der Waals surface area (Å²) in [6.45, 7) is 0. The molecule has 12 aromatic rings. The number of hydrogen-bond donors (Lipinski definition) is 0. The zero-order valence-electron chi connectivity index (χ0n) is 32.8. The average molecular weight is 779 g/mol. The zero-order valence-corrected chi connectivity index (χ0v) is 32.8. The Morgan fingerprint density at radius 3 is 0.984 bits per heavy atom. The molecular formula is C56H34N4O. The normalized spacial score (nSPS) is 11.6. The van der Waals surface area contributed by atoms with Crippen molar-refractivity contribution in [3.05, 3.63) is 206 Å². The van der Waals surface area contributed by atoms with Crippen molar-refractivity contribution in [2.75, 3.05) is 0 Å². The van der Waals surface area contributed by atoms with Gasteiger partial charge in [-0.2, -0.15) is 0 Å².